The minimum absolute atomic E-state index is 0.120. The van der Waals surface area contributed by atoms with E-state index in [0.29, 0.717) is 17.9 Å². The summed E-state index contributed by atoms with van der Waals surface area (Å²) in [4.78, 5) is 26.1. The first kappa shape index (κ1) is 19.5. The number of carbonyl (C=O) groups is 2. The van der Waals surface area contributed by atoms with E-state index in [1.54, 1.807) is 4.90 Å². The molecule has 5 nitrogen and oxygen atoms in total. The van der Waals surface area contributed by atoms with E-state index >= 15 is 0 Å². The minimum atomic E-state index is -0.601. The first-order valence-corrected chi connectivity index (χ1v) is 10.2. The maximum absolute atomic E-state index is 12.5. The van der Waals surface area contributed by atoms with Gasteiger partial charge in [-0.2, -0.15) is 0 Å². The fourth-order valence-electron chi connectivity index (χ4n) is 3.00. The Balaban J connectivity index is 1.54. The molecule has 1 aliphatic rings. The monoisotopic (exact) mass is 384 g/mol. The van der Waals surface area contributed by atoms with Crippen molar-refractivity contribution in [3.63, 3.8) is 0 Å². The number of nitrogens with zero attached hydrogens (tertiary/aromatic N) is 1. The molecule has 1 heterocycles. The maximum Gasteiger partial charge on any atom is 0.237 e. The van der Waals surface area contributed by atoms with Crippen molar-refractivity contribution in [2.24, 2.45) is 0 Å². The molecule has 0 aliphatic carbocycles. The minimum Gasteiger partial charge on any atom is -0.388 e. The van der Waals surface area contributed by atoms with E-state index < -0.39 is 6.10 Å². The van der Waals surface area contributed by atoms with Crippen LogP contribution in [0.1, 0.15) is 31.4 Å². The SMILES string of the molecule is CC(SCC(O)c1ccccc1)C(=O)Nc1cccc(N2CCCC2=O)c1. The van der Waals surface area contributed by atoms with Crippen LogP contribution in [0.3, 0.4) is 0 Å². The average molecular weight is 385 g/mol. The number of carbonyl (C=O) groups excluding carboxylic acids is 2. The first-order chi connectivity index (χ1) is 13.0. The fraction of sp³-hybridized carbons (Fsp3) is 0.333. The third-order valence-electron chi connectivity index (χ3n) is 4.56. The van der Waals surface area contributed by atoms with Crippen molar-refractivity contribution in [3.05, 3.63) is 60.2 Å². The molecule has 6 heteroatoms. The molecule has 142 valence electrons. The maximum atomic E-state index is 12.5. The third-order valence-corrected chi connectivity index (χ3v) is 5.78. The van der Waals surface area contributed by atoms with Gasteiger partial charge in [-0.25, -0.2) is 0 Å². The van der Waals surface area contributed by atoms with Crippen LogP contribution in [0.15, 0.2) is 54.6 Å². The molecule has 2 aromatic carbocycles. The molecule has 2 atom stereocenters. The lowest BCUT2D eigenvalue weighted by Gasteiger charge is -2.18. The van der Waals surface area contributed by atoms with Gasteiger partial charge >= 0.3 is 0 Å². The zero-order valence-electron chi connectivity index (χ0n) is 15.3. The van der Waals surface area contributed by atoms with Crippen molar-refractivity contribution in [1.82, 2.24) is 0 Å². The van der Waals surface area contributed by atoms with Gasteiger partial charge in [0.15, 0.2) is 0 Å². The van der Waals surface area contributed by atoms with Crippen molar-refractivity contribution in [1.29, 1.82) is 0 Å². The molecule has 0 saturated carbocycles. The highest BCUT2D eigenvalue weighted by Gasteiger charge is 2.22. The van der Waals surface area contributed by atoms with Crippen LogP contribution in [0.4, 0.5) is 11.4 Å². The lowest BCUT2D eigenvalue weighted by Crippen LogP contribution is -2.25. The molecule has 1 aliphatic heterocycles. The number of anilines is 2. The van der Waals surface area contributed by atoms with E-state index in [1.807, 2.05) is 61.5 Å². The largest absolute Gasteiger partial charge is 0.388 e. The van der Waals surface area contributed by atoms with E-state index in [-0.39, 0.29) is 17.1 Å². The Morgan fingerprint density at radius 2 is 2.00 bits per heavy atom. The Kier molecular flexibility index (Phi) is 6.53. The van der Waals surface area contributed by atoms with Crippen molar-refractivity contribution < 1.29 is 14.7 Å². The molecule has 1 saturated heterocycles. The van der Waals surface area contributed by atoms with Crippen LogP contribution in [0, 0.1) is 0 Å². The molecular weight excluding hydrogens is 360 g/mol. The second-order valence-corrected chi connectivity index (χ2v) is 7.96. The van der Waals surface area contributed by atoms with Crippen LogP contribution in [0.5, 0.6) is 0 Å². The predicted octanol–water partition coefficient (Wildman–Crippen LogP) is 3.61. The summed E-state index contributed by atoms with van der Waals surface area (Å²) >= 11 is 1.41. The van der Waals surface area contributed by atoms with Gasteiger partial charge < -0.3 is 15.3 Å². The topological polar surface area (TPSA) is 69.6 Å². The number of hydrogen-bond acceptors (Lipinski definition) is 4. The molecular formula is C21H24N2O3S. The van der Waals surface area contributed by atoms with E-state index in [0.717, 1.165) is 24.2 Å². The second kappa shape index (κ2) is 9.06. The van der Waals surface area contributed by atoms with Crippen molar-refractivity contribution in [3.8, 4) is 0 Å². The summed E-state index contributed by atoms with van der Waals surface area (Å²) in [5.74, 6) is 0.448. The number of nitrogens with one attached hydrogen (secondary N) is 1. The molecule has 2 unspecified atom stereocenters. The number of benzene rings is 2. The lowest BCUT2D eigenvalue weighted by atomic mass is 10.1. The summed E-state index contributed by atoms with van der Waals surface area (Å²) in [5.41, 5.74) is 2.34. The average Bonchev–Trinajstić information content (AvgIpc) is 3.12. The van der Waals surface area contributed by atoms with Crippen LogP contribution < -0.4 is 10.2 Å². The highest BCUT2D eigenvalue weighted by molar-refractivity contribution is 8.00. The summed E-state index contributed by atoms with van der Waals surface area (Å²) in [5, 5.41) is 12.8. The van der Waals surface area contributed by atoms with E-state index in [1.165, 1.54) is 11.8 Å². The van der Waals surface area contributed by atoms with Gasteiger partial charge in [0.1, 0.15) is 0 Å². The van der Waals surface area contributed by atoms with Gasteiger partial charge in [-0.15, -0.1) is 11.8 Å². The van der Waals surface area contributed by atoms with Crippen LogP contribution >= 0.6 is 11.8 Å². The van der Waals surface area contributed by atoms with Gasteiger partial charge in [-0.05, 0) is 37.1 Å². The first-order valence-electron chi connectivity index (χ1n) is 9.10. The molecule has 1 fully saturated rings. The smallest absolute Gasteiger partial charge is 0.237 e. The molecule has 0 radical (unpaired) electrons. The summed E-state index contributed by atoms with van der Waals surface area (Å²) in [6.07, 6.45) is 0.844. The van der Waals surface area contributed by atoms with E-state index in [4.69, 9.17) is 0 Å². The molecule has 0 bridgehead atoms. The molecule has 2 aromatic rings. The number of aliphatic hydroxyl groups is 1. The molecule has 0 spiro atoms. The van der Waals surface area contributed by atoms with Crippen molar-refractivity contribution >= 4 is 35.0 Å². The predicted molar refractivity (Wildman–Crippen MR) is 110 cm³/mol. The summed E-state index contributed by atoms with van der Waals surface area (Å²) in [6.45, 7) is 2.55. The summed E-state index contributed by atoms with van der Waals surface area (Å²) < 4.78 is 0. The van der Waals surface area contributed by atoms with Gasteiger partial charge in [0.2, 0.25) is 11.8 Å². The molecule has 0 aromatic heterocycles. The number of aliphatic hydroxyl groups excluding tert-OH is 1. The van der Waals surface area contributed by atoms with Crippen LogP contribution in [0.2, 0.25) is 0 Å². The lowest BCUT2D eigenvalue weighted by molar-refractivity contribution is -0.117. The Bertz CT molecular complexity index is 797. The summed E-state index contributed by atoms with van der Waals surface area (Å²) in [7, 11) is 0. The van der Waals surface area contributed by atoms with Crippen molar-refractivity contribution in [2.75, 3.05) is 22.5 Å². The molecule has 3 rings (SSSR count). The Morgan fingerprint density at radius 3 is 2.70 bits per heavy atom. The number of rotatable bonds is 7. The van der Waals surface area contributed by atoms with Gasteiger partial charge in [-0.1, -0.05) is 36.4 Å². The molecule has 2 amide bonds. The van der Waals surface area contributed by atoms with E-state index in [2.05, 4.69) is 5.32 Å². The van der Waals surface area contributed by atoms with Gasteiger partial charge in [0.25, 0.3) is 0 Å². The molecule has 2 N–H and O–H groups in total. The van der Waals surface area contributed by atoms with Gasteiger partial charge in [-0.3, -0.25) is 9.59 Å². The van der Waals surface area contributed by atoms with E-state index in [9.17, 15) is 14.7 Å². The highest BCUT2D eigenvalue weighted by atomic mass is 32.2. The second-order valence-electron chi connectivity index (χ2n) is 6.59. The van der Waals surface area contributed by atoms with Crippen LogP contribution in [0.25, 0.3) is 0 Å². The number of thioether (sulfide) groups is 1. The normalized spacial score (nSPS) is 16.2. The highest BCUT2D eigenvalue weighted by Crippen LogP contribution is 2.26. The Hall–Kier alpha value is -2.31. The van der Waals surface area contributed by atoms with Gasteiger partial charge in [0, 0.05) is 30.1 Å². The zero-order valence-corrected chi connectivity index (χ0v) is 16.1. The standard InChI is InChI=1S/C21H24N2O3S/c1-15(27-14-19(24)16-7-3-2-4-8-16)21(26)22-17-9-5-10-18(13-17)23-12-6-11-20(23)25/h2-5,7-10,13,15,19,24H,6,11-12,14H2,1H3,(H,22,26). The third kappa shape index (κ3) is 5.11. The Labute approximate surface area is 163 Å². The van der Waals surface area contributed by atoms with Crippen LogP contribution in [-0.4, -0.2) is 34.5 Å². The van der Waals surface area contributed by atoms with Gasteiger partial charge in [0.05, 0.1) is 11.4 Å². The van der Waals surface area contributed by atoms with Crippen molar-refractivity contribution in [2.45, 2.75) is 31.1 Å². The number of hydrogen-bond donors (Lipinski definition) is 2. The Morgan fingerprint density at radius 1 is 1.22 bits per heavy atom. The summed E-state index contributed by atoms with van der Waals surface area (Å²) in [6, 6.07) is 16.8. The number of amides is 2. The van der Waals surface area contributed by atoms with Crippen LogP contribution in [-0.2, 0) is 9.59 Å². The fourth-order valence-corrected chi connectivity index (χ4v) is 3.87. The zero-order chi connectivity index (χ0) is 19.2. The quantitative estimate of drug-likeness (QED) is 0.765. The molecule has 27 heavy (non-hydrogen) atoms.